The first-order valence-electron chi connectivity index (χ1n) is 6.97. The summed E-state index contributed by atoms with van der Waals surface area (Å²) >= 11 is 5.23. The van der Waals surface area contributed by atoms with Crippen LogP contribution < -0.4 is 5.32 Å². The number of benzene rings is 1. The van der Waals surface area contributed by atoms with Crippen LogP contribution in [0.1, 0.15) is 32.0 Å². The van der Waals surface area contributed by atoms with Crippen molar-refractivity contribution in [2.24, 2.45) is 7.05 Å². The van der Waals surface area contributed by atoms with Crippen molar-refractivity contribution in [2.45, 2.75) is 49.7 Å². The lowest BCUT2D eigenvalue weighted by Gasteiger charge is -2.20. The number of aryl methyl sites for hydroxylation is 2. The van der Waals surface area contributed by atoms with Gasteiger partial charge in [-0.3, -0.25) is 4.68 Å². The maximum Gasteiger partial charge on any atom is 0.103 e. The standard InChI is InChI=1S/C16H22BrN3S/c1-11-14(10-18-16(2,3)4)15(20(5)19-11)21-13-8-6-12(17)7-9-13/h6-9,18H,10H2,1-5H3. The second kappa shape index (κ2) is 6.55. The molecule has 114 valence electrons. The van der Waals surface area contributed by atoms with E-state index in [4.69, 9.17) is 0 Å². The Morgan fingerprint density at radius 1 is 1.24 bits per heavy atom. The molecule has 2 aromatic rings. The minimum atomic E-state index is 0.0990. The first-order valence-corrected chi connectivity index (χ1v) is 8.58. The monoisotopic (exact) mass is 367 g/mol. The van der Waals surface area contributed by atoms with E-state index in [0.29, 0.717) is 0 Å². The Hall–Kier alpha value is -0.780. The van der Waals surface area contributed by atoms with E-state index < -0.39 is 0 Å². The highest BCUT2D eigenvalue weighted by molar-refractivity contribution is 9.10. The summed E-state index contributed by atoms with van der Waals surface area (Å²) in [6, 6.07) is 8.38. The molecular weight excluding hydrogens is 346 g/mol. The van der Waals surface area contributed by atoms with E-state index in [1.54, 1.807) is 11.8 Å². The third kappa shape index (κ3) is 4.59. The fourth-order valence-electron chi connectivity index (χ4n) is 1.98. The Morgan fingerprint density at radius 2 is 1.86 bits per heavy atom. The quantitative estimate of drug-likeness (QED) is 0.860. The van der Waals surface area contributed by atoms with Crippen LogP contribution in [0.2, 0.25) is 0 Å². The van der Waals surface area contributed by atoms with Gasteiger partial charge >= 0.3 is 0 Å². The number of nitrogens with one attached hydrogen (secondary N) is 1. The summed E-state index contributed by atoms with van der Waals surface area (Å²) in [6.45, 7) is 9.45. The summed E-state index contributed by atoms with van der Waals surface area (Å²) in [5.41, 5.74) is 2.47. The van der Waals surface area contributed by atoms with Crippen LogP contribution in [0.5, 0.6) is 0 Å². The van der Waals surface area contributed by atoms with Crippen LogP contribution in [0.15, 0.2) is 38.7 Å². The molecule has 2 rings (SSSR count). The molecular formula is C16H22BrN3S. The Labute approximate surface area is 139 Å². The smallest absolute Gasteiger partial charge is 0.103 e. The van der Waals surface area contributed by atoms with E-state index in [0.717, 1.165) is 16.7 Å². The molecule has 0 fully saturated rings. The Balaban J connectivity index is 2.24. The molecule has 0 amide bonds. The van der Waals surface area contributed by atoms with Gasteiger partial charge in [0.2, 0.25) is 0 Å². The van der Waals surface area contributed by atoms with E-state index >= 15 is 0 Å². The van der Waals surface area contributed by atoms with Gasteiger partial charge in [-0.2, -0.15) is 5.10 Å². The summed E-state index contributed by atoms with van der Waals surface area (Å²) < 4.78 is 3.07. The number of rotatable bonds is 4. The first kappa shape index (κ1) is 16.6. The second-order valence-electron chi connectivity index (χ2n) is 6.15. The van der Waals surface area contributed by atoms with E-state index in [-0.39, 0.29) is 5.54 Å². The van der Waals surface area contributed by atoms with Crippen LogP contribution in [0, 0.1) is 6.92 Å². The molecule has 0 bridgehead atoms. The molecule has 21 heavy (non-hydrogen) atoms. The van der Waals surface area contributed by atoms with E-state index in [2.05, 4.69) is 78.3 Å². The summed E-state index contributed by atoms with van der Waals surface area (Å²) in [5.74, 6) is 0. The molecule has 1 heterocycles. The van der Waals surface area contributed by atoms with Gasteiger partial charge in [0, 0.05) is 34.1 Å². The van der Waals surface area contributed by atoms with Gasteiger partial charge < -0.3 is 5.32 Å². The minimum Gasteiger partial charge on any atom is -0.308 e. The van der Waals surface area contributed by atoms with Crippen molar-refractivity contribution < 1.29 is 0 Å². The lowest BCUT2D eigenvalue weighted by atomic mass is 10.1. The minimum absolute atomic E-state index is 0.0990. The first-order chi connectivity index (χ1) is 9.76. The van der Waals surface area contributed by atoms with Gasteiger partial charge in [0.1, 0.15) is 5.03 Å². The molecule has 1 aromatic heterocycles. The molecule has 0 aliphatic heterocycles. The van der Waals surface area contributed by atoms with Crippen molar-refractivity contribution in [2.75, 3.05) is 0 Å². The van der Waals surface area contributed by atoms with Gasteiger partial charge in [-0.05, 0) is 52.0 Å². The summed E-state index contributed by atoms with van der Waals surface area (Å²) in [6.07, 6.45) is 0. The van der Waals surface area contributed by atoms with Crippen LogP contribution in [-0.2, 0) is 13.6 Å². The summed E-state index contributed by atoms with van der Waals surface area (Å²) in [5, 5.41) is 9.33. The van der Waals surface area contributed by atoms with Crippen LogP contribution in [0.3, 0.4) is 0 Å². The molecule has 3 nitrogen and oxygen atoms in total. The number of aromatic nitrogens is 2. The summed E-state index contributed by atoms with van der Waals surface area (Å²) in [7, 11) is 2.01. The molecule has 0 aliphatic carbocycles. The Bertz CT molecular complexity index is 612. The third-order valence-corrected chi connectivity index (χ3v) is 4.85. The number of nitrogens with zero attached hydrogens (tertiary/aromatic N) is 2. The predicted molar refractivity (Wildman–Crippen MR) is 92.8 cm³/mol. The van der Waals surface area contributed by atoms with Crippen LogP contribution in [0.25, 0.3) is 0 Å². The van der Waals surface area contributed by atoms with Gasteiger partial charge in [-0.15, -0.1) is 0 Å². The largest absolute Gasteiger partial charge is 0.308 e. The van der Waals surface area contributed by atoms with Gasteiger partial charge in [-0.1, -0.05) is 27.7 Å². The molecule has 0 saturated carbocycles. The highest BCUT2D eigenvalue weighted by atomic mass is 79.9. The molecule has 1 N–H and O–H groups in total. The number of hydrogen-bond donors (Lipinski definition) is 1. The van der Waals surface area contributed by atoms with Crippen molar-refractivity contribution in [3.8, 4) is 0 Å². The second-order valence-corrected chi connectivity index (χ2v) is 8.13. The summed E-state index contributed by atoms with van der Waals surface area (Å²) in [4.78, 5) is 1.22. The third-order valence-electron chi connectivity index (χ3n) is 3.11. The lowest BCUT2D eigenvalue weighted by Crippen LogP contribution is -2.35. The maximum absolute atomic E-state index is 4.57. The molecule has 0 saturated heterocycles. The maximum atomic E-state index is 4.57. The van der Waals surface area contributed by atoms with Crippen molar-refractivity contribution in [3.05, 3.63) is 40.0 Å². The van der Waals surface area contributed by atoms with Crippen molar-refractivity contribution in [3.63, 3.8) is 0 Å². The normalized spacial score (nSPS) is 11.9. The van der Waals surface area contributed by atoms with Gasteiger partial charge in [-0.25, -0.2) is 0 Å². The molecule has 0 atom stereocenters. The van der Waals surface area contributed by atoms with Crippen LogP contribution in [0.4, 0.5) is 0 Å². The average Bonchev–Trinajstić information content (AvgIpc) is 2.64. The average molecular weight is 368 g/mol. The zero-order valence-corrected chi connectivity index (χ0v) is 15.6. The van der Waals surface area contributed by atoms with Gasteiger partial charge in [0.15, 0.2) is 0 Å². The van der Waals surface area contributed by atoms with Crippen LogP contribution >= 0.6 is 27.7 Å². The number of hydrogen-bond acceptors (Lipinski definition) is 3. The molecule has 0 spiro atoms. The zero-order chi connectivity index (χ0) is 15.6. The fraction of sp³-hybridized carbons (Fsp3) is 0.438. The fourth-order valence-corrected chi connectivity index (χ4v) is 3.26. The van der Waals surface area contributed by atoms with Crippen LogP contribution in [-0.4, -0.2) is 15.3 Å². The van der Waals surface area contributed by atoms with E-state index in [9.17, 15) is 0 Å². The Morgan fingerprint density at radius 3 is 2.43 bits per heavy atom. The van der Waals surface area contributed by atoms with Crippen molar-refractivity contribution in [1.29, 1.82) is 0 Å². The highest BCUT2D eigenvalue weighted by Crippen LogP contribution is 2.32. The van der Waals surface area contributed by atoms with Crippen molar-refractivity contribution in [1.82, 2.24) is 15.1 Å². The molecule has 5 heteroatoms. The van der Waals surface area contributed by atoms with E-state index in [1.165, 1.54) is 15.5 Å². The topological polar surface area (TPSA) is 29.9 Å². The molecule has 0 radical (unpaired) electrons. The highest BCUT2D eigenvalue weighted by Gasteiger charge is 2.17. The predicted octanol–water partition coefficient (Wildman–Crippen LogP) is 4.53. The Kier molecular flexibility index (Phi) is 5.17. The van der Waals surface area contributed by atoms with Gasteiger partial charge in [0.05, 0.1) is 5.69 Å². The van der Waals surface area contributed by atoms with Crippen molar-refractivity contribution >= 4 is 27.7 Å². The number of halogens is 1. The molecule has 1 aromatic carbocycles. The lowest BCUT2D eigenvalue weighted by molar-refractivity contribution is 0.421. The molecule has 0 unspecified atom stereocenters. The molecule has 0 aliphatic rings. The van der Waals surface area contributed by atoms with Gasteiger partial charge in [0.25, 0.3) is 0 Å². The van der Waals surface area contributed by atoms with E-state index in [1.807, 2.05) is 11.7 Å². The SMILES string of the molecule is Cc1nn(C)c(Sc2ccc(Br)cc2)c1CNC(C)(C)C. The zero-order valence-electron chi connectivity index (χ0n) is 13.2.